The van der Waals surface area contributed by atoms with Gasteiger partial charge in [0.1, 0.15) is 12.1 Å². The van der Waals surface area contributed by atoms with Crippen LogP contribution in [-0.2, 0) is 6.61 Å². The summed E-state index contributed by atoms with van der Waals surface area (Å²) in [4.78, 5) is 7.74. The van der Waals surface area contributed by atoms with Gasteiger partial charge in [-0.15, -0.1) is 10.2 Å². The van der Waals surface area contributed by atoms with Crippen molar-refractivity contribution in [3.8, 4) is 11.5 Å². The van der Waals surface area contributed by atoms with Crippen LogP contribution in [0.25, 0.3) is 22.1 Å². The first-order chi connectivity index (χ1) is 16.6. The summed E-state index contributed by atoms with van der Waals surface area (Å²) in [5.74, 6) is 1.57. The van der Waals surface area contributed by atoms with E-state index in [1.807, 2.05) is 61.5 Å². The molecule has 2 heterocycles. The van der Waals surface area contributed by atoms with E-state index in [0.717, 1.165) is 37.6 Å². The zero-order chi connectivity index (χ0) is 23.5. The first-order valence-electron chi connectivity index (χ1n) is 10.6. The summed E-state index contributed by atoms with van der Waals surface area (Å²) in [6.45, 7) is 2.48. The van der Waals surface area contributed by atoms with E-state index in [9.17, 15) is 0 Å². The standard InChI is InChI=1S/C25H21BrN6O2/c1-15-3-9-20-19(11-15)23-24(28-20)29-25(32-30-23)31-27-13-17-6-10-21(22(12-17)33-2)34-14-16-4-7-18(26)8-5-16/h3-13H,14H2,1-2H3,(H2,28,29,31,32). The zero-order valence-electron chi connectivity index (χ0n) is 18.5. The molecule has 0 fully saturated rings. The first-order valence-corrected chi connectivity index (χ1v) is 11.4. The number of ether oxygens (including phenoxy) is 2. The van der Waals surface area contributed by atoms with Crippen LogP contribution in [0.1, 0.15) is 16.7 Å². The van der Waals surface area contributed by atoms with Crippen LogP contribution >= 0.6 is 15.9 Å². The van der Waals surface area contributed by atoms with Crippen LogP contribution in [0.4, 0.5) is 5.95 Å². The molecule has 0 unspecified atom stereocenters. The van der Waals surface area contributed by atoms with Gasteiger partial charge in [-0.2, -0.15) is 10.1 Å². The molecule has 8 nitrogen and oxygen atoms in total. The molecule has 5 rings (SSSR count). The topological polar surface area (TPSA) is 97.3 Å². The molecule has 0 spiro atoms. The molecule has 0 atom stereocenters. The Morgan fingerprint density at radius 3 is 2.71 bits per heavy atom. The molecule has 2 N–H and O–H groups in total. The smallest absolute Gasteiger partial charge is 0.265 e. The van der Waals surface area contributed by atoms with Gasteiger partial charge in [-0.1, -0.05) is 39.7 Å². The first kappa shape index (κ1) is 21.8. The van der Waals surface area contributed by atoms with E-state index in [2.05, 4.69) is 52.7 Å². The maximum Gasteiger partial charge on any atom is 0.265 e. The molecule has 5 aromatic rings. The monoisotopic (exact) mass is 516 g/mol. The van der Waals surface area contributed by atoms with E-state index in [-0.39, 0.29) is 0 Å². The average Bonchev–Trinajstić information content (AvgIpc) is 3.21. The Labute approximate surface area is 204 Å². The maximum atomic E-state index is 5.92. The number of H-pyrrole nitrogens is 1. The van der Waals surface area contributed by atoms with Crippen LogP contribution in [-0.4, -0.2) is 33.5 Å². The van der Waals surface area contributed by atoms with E-state index in [1.54, 1.807) is 13.3 Å². The normalized spacial score (nSPS) is 11.4. The van der Waals surface area contributed by atoms with Crippen molar-refractivity contribution in [2.75, 3.05) is 12.5 Å². The Hall–Kier alpha value is -3.98. The maximum absolute atomic E-state index is 5.92. The van der Waals surface area contributed by atoms with Crippen molar-refractivity contribution in [2.24, 2.45) is 5.10 Å². The van der Waals surface area contributed by atoms with Crippen LogP contribution in [0, 0.1) is 6.92 Å². The van der Waals surface area contributed by atoms with E-state index < -0.39 is 0 Å². The second-order valence-corrected chi connectivity index (χ2v) is 8.62. The largest absolute Gasteiger partial charge is 0.493 e. The summed E-state index contributed by atoms with van der Waals surface area (Å²) in [7, 11) is 1.61. The Balaban J connectivity index is 1.27. The van der Waals surface area contributed by atoms with Crippen molar-refractivity contribution in [3.63, 3.8) is 0 Å². The molecule has 0 saturated carbocycles. The number of hydrazone groups is 1. The fraction of sp³-hybridized carbons (Fsp3) is 0.120. The number of nitrogens with zero attached hydrogens (tertiary/aromatic N) is 4. The third kappa shape index (κ3) is 4.69. The third-order valence-corrected chi connectivity index (χ3v) is 5.77. The Morgan fingerprint density at radius 2 is 1.88 bits per heavy atom. The lowest BCUT2D eigenvalue weighted by molar-refractivity contribution is 0.284. The minimum absolute atomic E-state index is 0.299. The molecule has 0 aliphatic carbocycles. The number of rotatable bonds is 7. The molecule has 0 saturated heterocycles. The van der Waals surface area contributed by atoms with Crippen molar-refractivity contribution in [1.82, 2.24) is 20.2 Å². The highest BCUT2D eigenvalue weighted by molar-refractivity contribution is 9.10. The molecular weight excluding hydrogens is 496 g/mol. The van der Waals surface area contributed by atoms with Gasteiger partial charge >= 0.3 is 0 Å². The van der Waals surface area contributed by atoms with Crippen LogP contribution in [0.2, 0.25) is 0 Å². The van der Waals surface area contributed by atoms with Gasteiger partial charge in [-0.3, -0.25) is 0 Å². The number of aromatic nitrogens is 4. The lowest BCUT2D eigenvalue weighted by atomic mass is 10.2. The van der Waals surface area contributed by atoms with E-state index in [1.165, 1.54) is 0 Å². The molecule has 3 aromatic carbocycles. The summed E-state index contributed by atoms with van der Waals surface area (Å²) in [5.41, 5.74) is 8.24. The summed E-state index contributed by atoms with van der Waals surface area (Å²) in [6, 6.07) is 19.7. The number of hydrogen-bond acceptors (Lipinski definition) is 7. The number of halogens is 1. The van der Waals surface area contributed by atoms with E-state index in [0.29, 0.717) is 29.7 Å². The highest BCUT2D eigenvalue weighted by Crippen LogP contribution is 2.28. The number of anilines is 1. The molecule has 34 heavy (non-hydrogen) atoms. The molecule has 0 aliphatic heterocycles. The van der Waals surface area contributed by atoms with Crippen LogP contribution < -0.4 is 14.9 Å². The Bertz CT molecular complexity index is 1500. The number of nitrogens with one attached hydrogen (secondary N) is 2. The number of aryl methyl sites for hydroxylation is 1. The fourth-order valence-corrected chi connectivity index (χ4v) is 3.79. The summed E-state index contributed by atoms with van der Waals surface area (Å²) >= 11 is 3.44. The van der Waals surface area contributed by atoms with Gasteiger partial charge in [-0.25, -0.2) is 5.43 Å². The van der Waals surface area contributed by atoms with Crippen molar-refractivity contribution in [2.45, 2.75) is 13.5 Å². The molecule has 0 aliphatic rings. The average molecular weight is 517 g/mol. The van der Waals surface area contributed by atoms with Crippen molar-refractivity contribution >= 4 is 50.2 Å². The minimum Gasteiger partial charge on any atom is -0.493 e. The number of fused-ring (bicyclic) bond motifs is 3. The van der Waals surface area contributed by atoms with E-state index >= 15 is 0 Å². The predicted molar refractivity (Wildman–Crippen MR) is 137 cm³/mol. The van der Waals surface area contributed by atoms with Gasteiger partial charge < -0.3 is 14.5 Å². The van der Waals surface area contributed by atoms with Gasteiger partial charge in [0.05, 0.1) is 13.3 Å². The molecule has 0 amide bonds. The van der Waals surface area contributed by atoms with Crippen LogP contribution in [0.3, 0.4) is 0 Å². The second-order valence-electron chi connectivity index (χ2n) is 7.70. The molecule has 2 aromatic heterocycles. The number of hydrogen-bond donors (Lipinski definition) is 2. The third-order valence-electron chi connectivity index (χ3n) is 5.24. The van der Waals surface area contributed by atoms with Gasteiger partial charge in [0.2, 0.25) is 0 Å². The highest BCUT2D eigenvalue weighted by Gasteiger charge is 2.09. The Kier molecular flexibility index (Phi) is 6.09. The summed E-state index contributed by atoms with van der Waals surface area (Å²) in [6.07, 6.45) is 1.66. The van der Waals surface area contributed by atoms with Gasteiger partial charge in [0.15, 0.2) is 17.1 Å². The van der Waals surface area contributed by atoms with Crippen LogP contribution in [0.15, 0.2) is 70.2 Å². The zero-order valence-corrected chi connectivity index (χ0v) is 20.1. The number of aromatic amines is 1. The minimum atomic E-state index is 0.299. The molecule has 0 radical (unpaired) electrons. The molecule has 0 bridgehead atoms. The van der Waals surface area contributed by atoms with Crippen LogP contribution in [0.5, 0.6) is 11.5 Å². The second kappa shape index (κ2) is 9.48. The quantitative estimate of drug-likeness (QED) is 0.215. The SMILES string of the molecule is COc1cc(C=NNc2nnc3c(n2)[nH]c2ccc(C)cc23)ccc1OCc1ccc(Br)cc1. The molecular formula is C25H21BrN6O2. The van der Waals surface area contributed by atoms with Crippen molar-refractivity contribution < 1.29 is 9.47 Å². The number of methoxy groups -OCH3 is 1. The van der Waals surface area contributed by atoms with Gasteiger partial charge in [0, 0.05) is 15.4 Å². The fourth-order valence-electron chi connectivity index (χ4n) is 3.52. The number of benzene rings is 3. The van der Waals surface area contributed by atoms with Gasteiger partial charge in [-0.05, 0) is 60.5 Å². The van der Waals surface area contributed by atoms with Gasteiger partial charge in [0.25, 0.3) is 5.95 Å². The molecule has 170 valence electrons. The highest BCUT2D eigenvalue weighted by atomic mass is 79.9. The van der Waals surface area contributed by atoms with Crippen molar-refractivity contribution in [1.29, 1.82) is 0 Å². The molecule has 9 heteroatoms. The predicted octanol–water partition coefficient (Wildman–Crippen LogP) is 5.61. The lowest BCUT2D eigenvalue weighted by Gasteiger charge is -2.11. The Morgan fingerprint density at radius 1 is 1.03 bits per heavy atom. The van der Waals surface area contributed by atoms with Crippen molar-refractivity contribution in [3.05, 3.63) is 81.8 Å². The summed E-state index contributed by atoms with van der Waals surface area (Å²) < 4.78 is 12.4. The lowest BCUT2D eigenvalue weighted by Crippen LogP contribution is -2.00. The van der Waals surface area contributed by atoms with E-state index in [4.69, 9.17) is 9.47 Å². The summed E-state index contributed by atoms with van der Waals surface area (Å²) in [5, 5.41) is 13.7.